The average molecular weight is 189 g/mol. The highest BCUT2D eigenvalue weighted by Crippen LogP contribution is 2.23. The Kier molecular flexibility index (Phi) is 2.23. The van der Waals surface area contributed by atoms with Crippen LogP contribution in [0, 0.1) is 6.92 Å². The predicted octanol–water partition coefficient (Wildman–Crippen LogP) is 2.66. The Hall–Kier alpha value is -1.77. The quantitative estimate of drug-likeness (QED) is 0.728. The van der Waals surface area contributed by atoms with E-state index in [-0.39, 0.29) is 0 Å². The summed E-state index contributed by atoms with van der Waals surface area (Å²) in [5.74, 6) is 1.02. The molecule has 0 unspecified atom stereocenters. The number of methoxy groups -OCH3 is 1. The molecule has 0 aliphatic rings. The molecule has 0 saturated carbocycles. The molecule has 0 bridgehead atoms. The number of aryl methyl sites for hydroxylation is 1. The minimum absolute atomic E-state index is 0.432. The van der Waals surface area contributed by atoms with Crippen molar-refractivity contribution in [3.63, 3.8) is 0 Å². The molecule has 2 aromatic rings. The summed E-state index contributed by atoms with van der Waals surface area (Å²) in [6.45, 7) is 2.03. The maximum absolute atomic E-state index is 5.34. The SMILES string of the molecule is COc1cnc(-c2cccc(C)c2)o1. The minimum Gasteiger partial charge on any atom is -0.467 e. The van der Waals surface area contributed by atoms with E-state index in [1.54, 1.807) is 13.3 Å². The zero-order valence-electron chi connectivity index (χ0n) is 8.15. The molecule has 72 valence electrons. The number of hydrogen-bond acceptors (Lipinski definition) is 3. The maximum atomic E-state index is 5.34. The number of aromatic nitrogens is 1. The van der Waals surface area contributed by atoms with Crippen molar-refractivity contribution in [1.82, 2.24) is 4.98 Å². The second-order valence-corrected chi connectivity index (χ2v) is 3.06. The summed E-state index contributed by atoms with van der Waals surface area (Å²) in [7, 11) is 1.56. The van der Waals surface area contributed by atoms with E-state index in [4.69, 9.17) is 9.15 Å². The highest BCUT2D eigenvalue weighted by molar-refractivity contribution is 5.54. The summed E-state index contributed by atoms with van der Waals surface area (Å²) in [5, 5.41) is 0. The van der Waals surface area contributed by atoms with Gasteiger partial charge in [0.25, 0.3) is 0 Å². The van der Waals surface area contributed by atoms with Crippen molar-refractivity contribution in [3.05, 3.63) is 36.0 Å². The third-order valence-electron chi connectivity index (χ3n) is 1.95. The van der Waals surface area contributed by atoms with Crippen molar-refractivity contribution in [2.24, 2.45) is 0 Å². The zero-order chi connectivity index (χ0) is 9.97. The van der Waals surface area contributed by atoms with E-state index in [0.29, 0.717) is 11.8 Å². The number of hydrogen-bond donors (Lipinski definition) is 0. The standard InChI is InChI=1S/C11H11NO2/c1-8-4-3-5-9(6-8)11-12-7-10(13-2)14-11/h3-7H,1-2H3. The molecule has 1 aromatic carbocycles. The number of oxazole rings is 1. The molecule has 3 nitrogen and oxygen atoms in total. The van der Waals surface area contributed by atoms with Gasteiger partial charge in [0, 0.05) is 5.56 Å². The molecule has 0 fully saturated rings. The van der Waals surface area contributed by atoms with Crippen molar-refractivity contribution in [2.75, 3.05) is 7.11 Å². The summed E-state index contributed by atoms with van der Waals surface area (Å²) in [6.07, 6.45) is 1.57. The van der Waals surface area contributed by atoms with Crippen molar-refractivity contribution < 1.29 is 9.15 Å². The fraction of sp³-hybridized carbons (Fsp3) is 0.182. The highest BCUT2D eigenvalue weighted by atomic mass is 16.6. The molecule has 14 heavy (non-hydrogen) atoms. The average Bonchev–Trinajstić information content (AvgIpc) is 2.66. The molecule has 0 amide bonds. The summed E-state index contributed by atoms with van der Waals surface area (Å²) in [6, 6.07) is 7.98. The van der Waals surface area contributed by atoms with Gasteiger partial charge < -0.3 is 9.15 Å². The third kappa shape index (κ3) is 1.62. The van der Waals surface area contributed by atoms with Crippen LogP contribution in [-0.2, 0) is 0 Å². The maximum Gasteiger partial charge on any atom is 0.305 e. The van der Waals surface area contributed by atoms with Crippen LogP contribution in [-0.4, -0.2) is 12.1 Å². The molecule has 0 aliphatic carbocycles. The molecule has 1 aromatic heterocycles. The number of nitrogens with zero attached hydrogens (tertiary/aromatic N) is 1. The molecule has 0 spiro atoms. The van der Waals surface area contributed by atoms with Gasteiger partial charge in [-0.15, -0.1) is 0 Å². The van der Waals surface area contributed by atoms with Crippen LogP contribution in [0.2, 0.25) is 0 Å². The highest BCUT2D eigenvalue weighted by Gasteiger charge is 2.05. The Labute approximate surface area is 82.3 Å². The first-order valence-electron chi connectivity index (χ1n) is 4.36. The van der Waals surface area contributed by atoms with Gasteiger partial charge in [0.2, 0.25) is 5.89 Å². The van der Waals surface area contributed by atoms with E-state index in [9.17, 15) is 0 Å². The number of rotatable bonds is 2. The van der Waals surface area contributed by atoms with Gasteiger partial charge in [-0.05, 0) is 19.1 Å². The van der Waals surface area contributed by atoms with E-state index >= 15 is 0 Å². The Balaban J connectivity index is 2.39. The molecule has 2 rings (SSSR count). The van der Waals surface area contributed by atoms with Crippen molar-refractivity contribution >= 4 is 0 Å². The summed E-state index contributed by atoms with van der Waals surface area (Å²) >= 11 is 0. The van der Waals surface area contributed by atoms with Gasteiger partial charge in [-0.1, -0.05) is 17.7 Å². The molecular formula is C11H11NO2. The van der Waals surface area contributed by atoms with Crippen LogP contribution in [0.25, 0.3) is 11.5 Å². The van der Waals surface area contributed by atoms with Crippen molar-refractivity contribution in [3.8, 4) is 17.4 Å². The second kappa shape index (κ2) is 3.54. The van der Waals surface area contributed by atoms with Crippen molar-refractivity contribution in [1.29, 1.82) is 0 Å². The number of benzene rings is 1. The van der Waals surface area contributed by atoms with Crippen LogP contribution < -0.4 is 4.74 Å². The Morgan fingerprint density at radius 3 is 2.86 bits per heavy atom. The van der Waals surface area contributed by atoms with Crippen molar-refractivity contribution in [2.45, 2.75) is 6.92 Å². The van der Waals surface area contributed by atoms with E-state index in [0.717, 1.165) is 5.56 Å². The van der Waals surface area contributed by atoms with Crippen LogP contribution >= 0.6 is 0 Å². The third-order valence-corrected chi connectivity index (χ3v) is 1.95. The fourth-order valence-corrected chi connectivity index (χ4v) is 1.27. The molecule has 3 heteroatoms. The van der Waals surface area contributed by atoms with Gasteiger partial charge in [-0.25, -0.2) is 4.98 Å². The lowest BCUT2D eigenvalue weighted by molar-refractivity contribution is 0.309. The second-order valence-electron chi connectivity index (χ2n) is 3.06. The van der Waals surface area contributed by atoms with Crippen LogP contribution in [0.4, 0.5) is 0 Å². The molecule has 0 N–H and O–H groups in total. The van der Waals surface area contributed by atoms with Crippen LogP contribution in [0.3, 0.4) is 0 Å². The van der Waals surface area contributed by atoms with Gasteiger partial charge in [0.1, 0.15) is 6.20 Å². The summed E-state index contributed by atoms with van der Waals surface area (Å²) in [5.41, 5.74) is 2.15. The van der Waals surface area contributed by atoms with Gasteiger partial charge >= 0.3 is 5.95 Å². The topological polar surface area (TPSA) is 35.3 Å². The van der Waals surface area contributed by atoms with Crippen LogP contribution in [0.15, 0.2) is 34.9 Å². The van der Waals surface area contributed by atoms with E-state index < -0.39 is 0 Å². The van der Waals surface area contributed by atoms with Gasteiger partial charge in [0.15, 0.2) is 0 Å². The van der Waals surface area contributed by atoms with E-state index in [2.05, 4.69) is 4.98 Å². The van der Waals surface area contributed by atoms with Crippen LogP contribution in [0.1, 0.15) is 5.56 Å². The Morgan fingerprint density at radius 2 is 2.21 bits per heavy atom. The molecule has 1 heterocycles. The zero-order valence-corrected chi connectivity index (χ0v) is 8.15. The fourth-order valence-electron chi connectivity index (χ4n) is 1.27. The van der Waals surface area contributed by atoms with E-state index in [1.165, 1.54) is 5.56 Å². The molecular weight excluding hydrogens is 178 g/mol. The first kappa shape index (κ1) is 8.81. The van der Waals surface area contributed by atoms with Gasteiger partial charge in [-0.3, -0.25) is 0 Å². The first-order chi connectivity index (χ1) is 6.79. The predicted molar refractivity (Wildman–Crippen MR) is 53.2 cm³/mol. The minimum atomic E-state index is 0.432. The van der Waals surface area contributed by atoms with Gasteiger partial charge in [-0.2, -0.15) is 0 Å². The monoisotopic (exact) mass is 189 g/mol. The van der Waals surface area contributed by atoms with E-state index in [1.807, 2.05) is 31.2 Å². The summed E-state index contributed by atoms with van der Waals surface area (Å²) in [4.78, 5) is 4.11. The molecule has 0 saturated heterocycles. The Bertz CT molecular complexity index is 434. The lowest BCUT2D eigenvalue weighted by Gasteiger charge is -1.96. The first-order valence-corrected chi connectivity index (χ1v) is 4.36. The molecule has 0 radical (unpaired) electrons. The smallest absolute Gasteiger partial charge is 0.305 e. The molecule has 0 atom stereocenters. The lowest BCUT2D eigenvalue weighted by atomic mass is 10.1. The lowest BCUT2D eigenvalue weighted by Crippen LogP contribution is -1.78. The Morgan fingerprint density at radius 1 is 1.36 bits per heavy atom. The van der Waals surface area contributed by atoms with Crippen LogP contribution in [0.5, 0.6) is 5.95 Å². The van der Waals surface area contributed by atoms with Gasteiger partial charge in [0.05, 0.1) is 7.11 Å². The normalized spacial score (nSPS) is 10.1. The molecule has 0 aliphatic heterocycles. The largest absolute Gasteiger partial charge is 0.467 e. The summed E-state index contributed by atoms with van der Waals surface area (Å²) < 4.78 is 10.3. The number of ether oxygens (including phenoxy) is 1.